The molecule has 2 aromatic rings. The first-order valence-corrected chi connectivity index (χ1v) is 6.08. The predicted octanol–water partition coefficient (Wildman–Crippen LogP) is 4.04. The summed E-state index contributed by atoms with van der Waals surface area (Å²) in [6.45, 7) is 4.17. The molecular formula is C14H15NS. The zero-order chi connectivity index (χ0) is 11.5. The van der Waals surface area contributed by atoms with E-state index < -0.39 is 0 Å². The number of nitrogen functional groups attached to an aromatic ring is 1. The molecule has 0 aromatic heterocycles. The van der Waals surface area contributed by atoms with Crippen molar-refractivity contribution in [3.8, 4) is 0 Å². The van der Waals surface area contributed by atoms with Crippen LogP contribution < -0.4 is 5.73 Å². The molecule has 0 aliphatic rings. The highest BCUT2D eigenvalue weighted by atomic mass is 32.2. The molecule has 0 saturated heterocycles. The lowest BCUT2D eigenvalue weighted by Gasteiger charge is -2.07. The Balaban J connectivity index is 2.28. The first kappa shape index (κ1) is 11.1. The Kier molecular flexibility index (Phi) is 3.20. The van der Waals surface area contributed by atoms with Crippen molar-refractivity contribution in [2.75, 3.05) is 5.73 Å². The summed E-state index contributed by atoms with van der Waals surface area (Å²) >= 11 is 1.78. The molecule has 16 heavy (non-hydrogen) atoms. The zero-order valence-electron chi connectivity index (χ0n) is 9.53. The molecule has 0 spiro atoms. The summed E-state index contributed by atoms with van der Waals surface area (Å²) in [5, 5.41) is 0. The van der Waals surface area contributed by atoms with E-state index in [0.717, 1.165) is 11.3 Å². The van der Waals surface area contributed by atoms with Crippen molar-refractivity contribution in [2.45, 2.75) is 23.6 Å². The maximum atomic E-state index is 5.80. The summed E-state index contributed by atoms with van der Waals surface area (Å²) in [6.07, 6.45) is 0. The molecule has 2 heteroatoms. The van der Waals surface area contributed by atoms with Gasteiger partial charge in [0, 0.05) is 15.5 Å². The number of hydrogen-bond donors (Lipinski definition) is 1. The Morgan fingerprint density at radius 1 is 0.938 bits per heavy atom. The minimum absolute atomic E-state index is 0.856. The van der Waals surface area contributed by atoms with Gasteiger partial charge in [0.1, 0.15) is 0 Å². The number of aryl methyl sites for hydroxylation is 2. The minimum Gasteiger partial charge on any atom is -0.399 e. The van der Waals surface area contributed by atoms with E-state index in [9.17, 15) is 0 Å². The summed E-state index contributed by atoms with van der Waals surface area (Å²) in [6, 6.07) is 14.6. The van der Waals surface area contributed by atoms with Gasteiger partial charge in [0.2, 0.25) is 0 Å². The van der Waals surface area contributed by atoms with Gasteiger partial charge in [-0.25, -0.2) is 0 Å². The smallest absolute Gasteiger partial charge is 0.0344 e. The SMILES string of the molecule is Cc1cc(Sc2ccccc2C)ccc1N. The Bertz CT molecular complexity index is 506. The first-order valence-electron chi connectivity index (χ1n) is 5.26. The lowest BCUT2D eigenvalue weighted by molar-refractivity contribution is 1.29. The molecule has 0 radical (unpaired) electrons. The van der Waals surface area contributed by atoms with E-state index in [1.165, 1.54) is 15.4 Å². The minimum atomic E-state index is 0.856. The molecule has 0 atom stereocenters. The Morgan fingerprint density at radius 2 is 1.69 bits per heavy atom. The molecule has 2 N–H and O–H groups in total. The summed E-state index contributed by atoms with van der Waals surface area (Å²) in [4.78, 5) is 2.53. The fourth-order valence-corrected chi connectivity index (χ4v) is 2.51. The second-order valence-electron chi connectivity index (χ2n) is 3.89. The molecule has 82 valence electrons. The van der Waals surface area contributed by atoms with Gasteiger partial charge in [0.05, 0.1) is 0 Å². The van der Waals surface area contributed by atoms with Crippen molar-refractivity contribution in [1.82, 2.24) is 0 Å². The van der Waals surface area contributed by atoms with Gasteiger partial charge in [0.15, 0.2) is 0 Å². The van der Waals surface area contributed by atoms with Crippen molar-refractivity contribution in [2.24, 2.45) is 0 Å². The predicted molar refractivity (Wildman–Crippen MR) is 70.9 cm³/mol. The molecule has 0 fully saturated rings. The van der Waals surface area contributed by atoms with Gasteiger partial charge in [0.25, 0.3) is 0 Å². The van der Waals surface area contributed by atoms with Gasteiger partial charge in [-0.05, 0) is 49.2 Å². The van der Waals surface area contributed by atoms with E-state index in [1.807, 2.05) is 13.0 Å². The van der Waals surface area contributed by atoms with Crippen LogP contribution in [0, 0.1) is 13.8 Å². The molecule has 0 saturated carbocycles. The molecule has 2 rings (SSSR count). The summed E-state index contributed by atoms with van der Waals surface area (Å²) < 4.78 is 0. The molecule has 0 bridgehead atoms. The molecular weight excluding hydrogens is 214 g/mol. The number of rotatable bonds is 2. The first-order chi connectivity index (χ1) is 7.66. The third-order valence-corrected chi connectivity index (χ3v) is 3.73. The summed E-state index contributed by atoms with van der Waals surface area (Å²) in [7, 11) is 0. The second kappa shape index (κ2) is 4.62. The van der Waals surface area contributed by atoms with Crippen molar-refractivity contribution in [1.29, 1.82) is 0 Å². The molecule has 0 unspecified atom stereocenters. The maximum absolute atomic E-state index is 5.80. The average molecular weight is 229 g/mol. The highest BCUT2D eigenvalue weighted by molar-refractivity contribution is 7.99. The van der Waals surface area contributed by atoms with Crippen LogP contribution in [-0.4, -0.2) is 0 Å². The fourth-order valence-electron chi connectivity index (χ4n) is 1.51. The van der Waals surface area contributed by atoms with Gasteiger partial charge < -0.3 is 5.73 Å². The van der Waals surface area contributed by atoms with Crippen LogP contribution in [0.4, 0.5) is 5.69 Å². The van der Waals surface area contributed by atoms with Crippen LogP contribution in [0.15, 0.2) is 52.3 Å². The van der Waals surface area contributed by atoms with Crippen LogP contribution in [-0.2, 0) is 0 Å². The van der Waals surface area contributed by atoms with E-state index in [-0.39, 0.29) is 0 Å². The standard InChI is InChI=1S/C14H15NS/c1-10-5-3-4-6-14(10)16-12-7-8-13(15)11(2)9-12/h3-9H,15H2,1-2H3. The molecule has 0 heterocycles. The van der Waals surface area contributed by atoms with Crippen LogP contribution in [0.5, 0.6) is 0 Å². The Labute approximate surface area is 101 Å². The lowest BCUT2D eigenvalue weighted by atomic mass is 10.2. The van der Waals surface area contributed by atoms with E-state index in [2.05, 4.69) is 43.3 Å². The summed E-state index contributed by atoms with van der Waals surface area (Å²) in [5.41, 5.74) is 9.10. The molecule has 0 aliphatic heterocycles. The van der Waals surface area contributed by atoms with Gasteiger partial charge in [-0.2, -0.15) is 0 Å². The molecule has 2 aromatic carbocycles. The van der Waals surface area contributed by atoms with Crippen LogP contribution in [0.1, 0.15) is 11.1 Å². The largest absolute Gasteiger partial charge is 0.399 e. The van der Waals surface area contributed by atoms with Crippen LogP contribution >= 0.6 is 11.8 Å². The van der Waals surface area contributed by atoms with Crippen molar-refractivity contribution in [3.63, 3.8) is 0 Å². The third kappa shape index (κ3) is 2.39. The number of nitrogens with two attached hydrogens (primary N) is 1. The van der Waals surface area contributed by atoms with Crippen LogP contribution in [0.2, 0.25) is 0 Å². The third-order valence-electron chi connectivity index (χ3n) is 2.56. The monoisotopic (exact) mass is 229 g/mol. The van der Waals surface area contributed by atoms with Gasteiger partial charge in [-0.3, -0.25) is 0 Å². The van der Waals surface area contributed by atoms with Crippen LogP contribution in [0.25, 0.3) is 0 Å². The molecule has 1 nitrogen and oxygen atoms in total. The number of benzene rings is 2. The summed E-state index contributed by atoms with van der Waals surface area (Å²) in [5.74, 6) is 0. The van der Waals surface area contributed by atoms with E-state index >= 15 is 0 Å². The fraction of sp³-hybridized carbons (Fsp3) is 0.143. The Morgan fingerprint density at radius 3 is 2.38 bits per heavy atom. The highest BCUT2D eigenvalue weighted by Crippen LogP contribution is 2.31. The van der Waals surface area contributed by atoms with Crippen molar-refractivity contribution >= 4 is 17.4 Å². The number of anilines is 1. The van der Waals surface area contributed by atoms with Gasteiger partial charge in [-0.1, -0.05) is 30.0 Å². The Hall–Kier alpha value is -1.41. The van der Waals surface area contributed by atoms with E-state index in [4.69, 9.17) is 5.73 Å². The van der Waals surface area contributed by atoms with E-state index in [0.29, 0.717) is 0 Å². The quantitative estimate of drug-likeness (QED) is 0.787. The lowest BCUT2D eigenvalue weighted by Crippen LogP contribution is -1.88. The number of hydrogen-bond acceptors (Lipinski definition) is 2. The molecule has 0 amide bonds. The molecule has 0 aliphatic carbocycles. The van der Waals surface area contributed by atoms with E-state index in [1.54, 1.807) is 11.8 Å². The zero-order valence-corrected chi connectivity index (χ0v) is 10.3. The maximum Gasteiger partial charge on any atom is 0.0344 e. The van der Waals surface area contributed by atoms with Gasteiger partial charge >= 0.3 is 0 Å². The van der Waals surface area contributed by atoms with Crippen LogP contribution in [0.3, 0.4) is 0 Å². The average Bonchev–Trinajstić information content (AvgIpc) is 2.27. The normalized spacial score (nSPS) is 10.4. The van der Waals surface area contributed by atoms with Crippen molar-refractivity contribution < 1.29 is 0 Å². The highest BCUT2D eigenvalue weighted by Gasteiger charge is 2.01. The van der Waals surface area contributed by atoms with Crippen molar-refractivity contribution in [3.05, 3.63) is 53.6 Å². The topological polar surface area (TPSA) is 26.0 Å². The van der Waals surface area contributed by atoms with Gasteiger partial charge in [-0.15, -0.1) is 0 Å². The second-order valence-corrected chi connectivity index (χ2v) is 5.00.